The third-order valence-corrected chi connectivity index (χ3v) is 7.15. The second kappa shape index (κ2) is 9.04. The third kappa shape index (κ3) is 4.02. The molecule has 4 nitrogen and oxygen atoms in total. The van der Waals surface area contributed by atoms with E-state index in [1.165, 1.54) is 6.26 Å². The minimum atomic E-state index is -3.63. The van der Waals surface area contributed by atoms with E-state index in [4.69, 9.17) is 9.47 Å². The van der Waals surface area contributed by atoms with Crippen LogP contribution in [0.5, 0.6) is 11.5 Å². The van der Waals surface area contributed by atoms with Gasteiger partial charge in [-0.25, -0.2) is 8.42 Å². The molecule has 0 aliphatic rings. The Morgan fingerprint density at radius 3 is 1.76 bits per heavy atom. The number of benzene rings is 5. The summed E-state index contributed by atoms with van der Waals surface area (Å²) < 4.78 is 37.1. The molecule has 0 radical (unpaired) electrons. The van der Waals surface area contributed by atoms with Gasteiger partial charge < -0.3 is 9.47 Å². The molecule has 0 aliphatic carbocycles. The molecule has 0 aliphatic heterocycles. The molecule has 0 amide bonds. The normalized spacial score (nSPS) is 11.8. The molecule has 5 rings (SSSR count). The highest BCUT2D eigenvalue weighted by Crippen LogP contribution is 2.45. The fourth-order valence-electron chi connectivity index (χ4n) is 4.15. The van der Waals surface area contributed by atoms with Crippen molar-refractivity contribution in [2.75, 3.05) is 7.11 Å². The van der Waals surface area contributed by atoms with E-state index in [0.717, 1.165) is 38.1 Å². The Hall–Kier alpha value is -4.09. The van der Waals surface area contributed by atoms with Crippen LogP contribution in [0.15, 0.2) is 120 Å². The van der Waals surface area contributed by atoms with Crippen LogP contribution < -0.4 is 9.47 Å². The van der Waals surface area contributed by atoms with Crippen LogP contribution in [0.2, 0.25) is 0 Å². The van der Waals surface area contributed by atoms with Gasteiger partial charge in [-0.05, 0) is 45.8 Å². The number of sulfone groups is 1. The molecule has 0 spiro atoms. The molecule has 168 valence electrons. The summed E-state index contributed by atoms with van der Waals surface area (Å²) in [7, 11) is -1.98. The average Bonchev–Trinajstić information content (AvgIpc) is 2.88. The highest BCUT2D eigenvalue weighted by atomic mass is 32.2. The van der Waals surface area contributed by atoms with Gasteiger partial charge in [-0.15, -0.1) is 0 Å². The number of rotatable bonds is 6. The van der Waals surface area contributed by atoms with Crippen LogP contribution in [0.4, 0.5) is 0 Å². The van der Waals surface area contributed by atoms with Crippen molar-refractivity contribution in [2.45, 2.75) is 4.90 Å². The monoisotopic (exact) mass is 466 g/mol. The van der Waals surface area contributed by atoms with E-state index in [1.54, 1.807) is 37.4 Å². The molecule has 0 aromatic heterocycles. The van der Waals surface area contributed by atoms with Crippen molar-refractivity contribution in [3.63, 3.8) is 0 Å². The topological polar surface area (TPSA) is 52.6 Å². The Kier molecular flexibility index (Phi) is 5.78. The van der Waals surface area contributed by atoms with Gasteiger partial charge in [0.05, 0.1) is 17.4 Å². The predicted octanol–water partition coefficient (Wildman–Crippen LogP) is 6.99. The van der Waals surface area contributed by atoms with Gasteiger partial charge in [-0.1, -0.05) is 78.9 Å². The summed E-state index contributed by atoms with van der Waals surface area (Å²) in [5.41, 5.74) is 1.74. The maximum Gasteiger partial charge on any atom is 0.202 e. The van der Waals surface area contributed by atoms with E-state index >= 15 is 0 Å². The molecule has 0 saturated carbocycles. The molecular weight excluding hydrogens is 444 g/mol. The maximum absolute atomic E-state index is 12.7. The fourth-order valence-corrected chi connectivity index (χ4v) is 5.05. The molecule has 34 heavy (non-hydrogen) atoms. The zero-order valence-electron chi connectivity index (χ0n) is 18.5. The zero-order chi connectivity index (χ0) is 23.5. The van der Waals surface area contributed by atoms with Crippen molar-refractivity contribution >= 4 is 31.4 Å². The average molecular weight is 467 g/mol. The lowest BCUT2D eigenvalue weighted by molar-refractivity contribution is 0.416. The Bertz CT molecular complexity index is 1620. The summed E-state index contributed by atoms with van der Waals surface area (Å²) in [6, 6.07) is 32.2. The van der Waals surface area contributed by atoms with Crippen molar-refractivity contribution in [3.8, 4) is 22.6 Å². The summed E-state index contributed by atoms with van der Waals surface area (Å²) in [5.74, 6) is 1.24. The molecule has 0 heterocycles. The van der Waals surface area contributed by atoms with Gasteiger partial charge >= 0.3 is 0 Å². The highest BCUT2D eigenvalue weighted by molar-refractivity contribution is 7.94. The molecule has 0 bridgehead atoms. The summed E-state index contributed by atoms with van der Waals surface area (Å²) in [6.45, 7) is 0. The minimum absolute atomic E-state index is 0.212. The molecule has 5 heteroatoms. The van der Waals surface area contributed by atoms with Crippen LogP contribution in [0.25, 0.3) is 32.7 Å². The van der Waals surface area contributed by atoms with Gasteiger partial charge in [0, 0.05) is 11.1 Å². The second-order valence-electron chi connectivity index (χ2n) is 7.77. The lowest BCUT2D eigenvalue weighted by Gasteiger charge is -2.17. The lowest BCUT2D eigenvalue weighted by atomic mass is 9.92. The second-order valence-corrected chi connectivity index (χ2v) is 9.61. The lowest BCUT2D eigenvalue weighted by Crippen LogP contribution is -1.98. The van der Waals surface area contributed by atoms with Crippen molar-refractivity contribution in [1.82, 2.24) is 0 Å². The number of methoxy groups -OCH3 is 1. The van der Waals surface area contributed by atoms with E-state index in [1.807, 2.05) is 60.7 Å². The van der Waals surface area contributed by atoms with Crippen LogP contribution in [0.3, 0.4) is 0 Å². The maximum atomic E-state index is 12.7. The Labute approximate surface area is 198 Å². The van der Waals surface area contributed by atoms with Crippen molar-refractivity contribution in [1.29, 1.82) is 0 Å². The minimum Gasteiger partial charge on any atom is -0.496 e. The predicted molar refractivity (Wildman–Crippen MR) is 137 cm³/mol. The molecule has 5 aromatic carbocycles. The van der Waals surface area contributed by atoms with Gasteiger partial charge in [-0.3, -0.25) is 0 Å². The first-order valence-corrected chi connectivity index (χ1v) is 12.3. The van der Waals surface area contributed by atoms with E-state index < -0.39 is 9.84 Å². The number of hydrogen-bond acceptors (Lipinski definition) is 4. The van der Waals surface area contributed by atoms with Crippen LogP contribution in [-0.2, 0) is 9.84 Å². The first kappa shape index (κ1) is 21.7. The van der Waals surface area contributed by atoms with E-state index in [9.17, 15) is 8.42 Å². The van der Waals surface area contributed by atoms with Gasteiger partial charge in [0.15, 0.2) is 0 Å². The van der Waals surface area contributed by atoms with Crippen LogP contribution >= 0.6 is 0 Å². The van der Waals surface area contributed by atoms with Crippen molar-refractivity contribution in [3.05, 3.63) is 115 Å². The third-order valence-electron chi connectivity index (χ3n) is 5.75. The molecule has 0 N–H and O–H groups in total. The standard InChI is InChI=1S/C29H22O4S/c1-32-26-17-15-21-9-5-7-13-24(21)28(26)29-25-14-8-6-10-22(25)16-18-27(29)33-19-20-34(30,31)23-11-3-2-4-12-23/h2-20H,1H3/b20-19+. The Morgan fingerprint density at radius 2 is 1.15 bits per heavy atom. The van der Waals surface area contributed by atoms with Gasteiger partial charge in [0.25, 0.3) is 0 Å². The number of fused-ring (bicyclic) bond motifs is 2. The SMILES string of the molecule is COc1ccc2ccccc2c1-c1c(O/C=C/S(=O)(=O)c2ccccc2)ccc2ccccc12. The van der Waals surface area contributed by atoms with Crippen molar-refractivity contribution in [2.24, 2.45) is 0 Å². The van der Waals surface area contributed by atoms with E-state index in [-0.39, 0.29) is 4.90 Å². The van der Waals surface area contributed by atoms with E-state index in [0.29, 0.717) is 11.5 Å². The summed E-state index contributed by atoms with van der Waals surface area (Å²) in [6.07, 6.45) is 1.23. The van der Waals surface area contributed by atoms with Gasteiger partial charge in [-0.2, -0.15) is 0 Å². The molecule has 5 aromatic rings. The molecule has 0 saturated heterocycles. The quantitative estimate of drug-likeness (QED) is 0.253. The molecule has 0 unspecified atom stereocenters. The largest absolute Gasteiger partial charge is 0.496 e. The van der Waals surface area contributed by atoms with Crippen LogP contribution in [0.1, 0.15) is 0 Å². The summed E-state index contributed by atoms with van der Waals surface area (Å²) in [5, 5.41) is 5.19. The van der Waals surface area contributed by atoms with E-state index in [2.05, 4.69) is 12.1 Å². The molecule has 0 fully saturated rings. The van der Waals surface area contributed by atoms with Gasteiger partial charge in [0.1, 0.15) is 17.8 Å². The van der Waals surface area contributed by atoms with Crippen molar-refractivity contribution < 1.29 is 17.9 Å². The highest BCUT2D eigenvalue weighted by Gasteiger charge is 2.18. The first-order valence-electron chi connectivity index (χ1n) is 10.8. The van der Waals surface area contributed by atoms with Crippen LogP contribution in [0, 0.1) is 0 Å². The zero-order valence-corrected chi connectivity index (χ0v) is 19.3. The molecule has 0 atom stereocenters. The number of ether oxygens (including phenoxy) is 2. The summed E-state index contributed by atoms with van der Waals surface area (Å²) >= 11 is 0. The van der Waals surface area contributed by atoms with Crippen LogP contribution in [-0.4, -0.2) is 15.5 Å². The summed E-state index contributed by atoms with van der Waals surface area (Å²) in [4.78, 5) is 0.212. The molecular formula is C29H22O4S. The Balaban J connectivity index is 1.69. The number of hydrogen-bond donors (Lipinski definition) is 0. The first-order chi connectivity index (χ1) is 16.6. The smallest absolute Gasteiger partial charge is 0.202 e. The van der Waals surface area contributed by atoms with Gasteiger partial charge in [0.2, 0.25) is 9.84 Å². The Morgan fingerprint density at radius 1 is 0.618 bits per heavy atom. The fraction of sp³-hybridized carbons (Fsp3) is 0.0345.